The Morgan fingerprint density at radius 1 is 1.03 bits per heavy atom. The molecular weight excluding hydrogens is 479 g/mol. The molecular formula is C23H20F5N2O3S-. The number of alkyl halides is 5. The zero-order valence-corrected chi connectivity index (χ0v) is 18.5. The normalized spacial score (nSPS) is 17.7. The van der Waals surface area contributed by atoms with E-state index < -0.39 is 48.4 Å². The molecule has 0 bridgehead atoms. The van der Waals surface area contributed by atoms with Crippen LogP contribution in [-0.2, 0) is 17.7 Å². The number of rotatable bonds is 8. The van der Waals surface area contributed by atoms with Gasteiger partial charge in [-0.25, -0.2) is 8.78 Å². The summed E-state index contributed by atoms with van der Waals surface area (Å²) in [5.74, 6) is -3.27. The minimum absolute atomic E-state index is 0.106. The molecule has 1 saturated heterocycles. The molecule has 34 heavy (non-hydrogen) atoms. The Bertz CT molecular complexity index is 1170. The number of hydrogen-bond donors (Lipinski definition) is 0. The van der Waals surface area contributed by atoms with Crippen LogP contribution in [0.15, 0.2) is 66.7 Å². The molecule has 0 N–H and O–H groups in total. The van der Waals surface area contributed by atoms with E-state index in [0.717, 1.165) is 27.2 Å². The lowest BCUT2D eigenvalue weighted by molar-refractivity contribution is -0.274. The zero-order chi connectivity index (χ0) is 24.5. The minimum Gasteiger partial charge on any atom is -0.755 e. The summed E-state index contributed by atoms with van der Waals surface area (Å²) in [6, 6.07) is 17.0. The Morgan fingerprint density at radius 3 is 2.26 bits per heavy atom. The summed E-state index contributed by atoms with van der Waals surface area (Å²) in [5.41, 5.74) is 0.947. The molecule has 0 amide bonds. The van der Waals surface area contributed by atoms with E-state index in [4.69, 9.17) is 0 Å². The molecule has 2 unspecified atom stereocenters. The van der Waals surface area contributed by atoms with Crippen LogP contribution < -0.4 is 9.04 Å². The van der Waals surface area contributed by atoms with E-state index in [2.05, 4.69) is 4.74 Å². The molecule has 1 fully saturated rings. The average molecular weight is 499 g/mol. The van der Waals surface area contributed by atoms with Crippen LogP contribution in [0.2, 0.25) is 0 Å². The Labute approximate surface area is 195 Å². The van der Waals surface area contributed by atoms with Gasteiger partial charge in [-0.15, -0.1) is 13.2 Å². The fourth-order valence-electron chi connectivity index (χ4n) is 3.99. The molecule has 2 atom stereocenters. The lowest BCUT2D eigenvalue weighted by Crippen LogP contribution is -2.62. The van der Waals surface area contributed by atoms with E-state index >= 15 is 0 Å². The van der Waals surface area contributed by atoms with Crippen molar-refractivity contribution in [1.29, 1.82) is 0 Å². The highest BCUT2D eigenvalue weighted by Gasteiger charge is 2.47. The molecule has 4 rings (SSSR count). The van der Waals surface area contributed by atoms with Crippen LogP contribution in [0.5, 0.6) is 5.75 Å². The molecule has 0 radical (unpaired) electrons. The predicted octanol–water partition coefficient (Wildman–Crippen LogP) is 4.90. The van der Waals surface area contributed by atoms with Gasteiger partial charge < -0.3 is 13.6 Å². The van der Waals surface area contributed by atoms with E-state index in [1.54, 1.807) is 18.2 Å². The standard InChI is InChI=1S/C23H21F5N2O3S/c24-22(25)14-29(15-22)20(11-16-5-9-21(10-6-16)33-23(26,27)28)13-30(34(31)32)19-8-7-17-3-1-2-4-18(17)12-19/h1-10,12,20H,11,13-15H2,(H,31,32)/p-1. The molecule has 0 aromatic heterocycles. The lowest BCUT2D eigenvalue weighted by atomic mass is 9.99. The number of nitrogens with zero attached hydrogens (tertiary/aromatic N) is 2. The van der Waals surface area contributed by atoms with Crippen LogP contribution in [0.3, 0.4) is 0 Å². The highest BCUT2D eigenvalue weighted by atomic mass is 32.2. The van der Waals surface area contributed by atoms with Crippen molar-refractivity contribution >= 4 is 27.7 Å². The van der Waals surface area contributed by atoms with Crippen molar-refractivity contribution in [3.05, 3.63) is 72.3 Å². The summed E-state index contributed by atoms with van der Waals surface area (Å²) in [7, 11) is 0. The first-order chi connectivity index (χ1) is 16.0. The van der Waals surface area contributed by atoms with Crippen molar-refractivity contribution < 1.29 is 35.5 Å². The molecule has 11 heteroatoms. The van der Waals surface area contributed by atoms with Gasteiger partial charge in [-0.2, -0.15) is 0 Å². The Balaban J connectivity index is 1.56. The Kier molecular flexibility index (Phi) is 6.79. The van der Waals surface area contributed by atoms with Gasteiger partial charge in [0.1, 0.15) is 5.75 Å². The number of anilines is 1. The van der Waals surface area contributed by atoms with Gasteiger partial charge in [-0.05, 0) is 47.0 Å². The van der Waals surface area contributed by atoms with Gasteiger partial charge in [0.25, 0.3) is 5.92 Å². The molecule has 182 valence electrons. The van der Waals surface area contributed by atoms with Crippen molar-refractivity contribution in [3.63, 3.8) is 0 Å². The molecule has 3 aromatic rings. The van der Waals surface area contributed by atoms with Crippen LogP contribution >= 0.6 is 0 Å². The van der Waals surface area contributed by atoms with Crippen molar-refractivity contribution in [2.24, 2.45) is 0 Å². The first-order valence-corrected chi connectivity index (χ1v) is 11.3. The third-order valence-corrected chi connectivity index (χ3v) is 6.31. The number of halogens is 5. The maximum atomic E-state index is 13.6. The second kappa shape index (κ2) is 9.47. The highest BCUT2D eigenvalue weighted by molar-refractivity contribution is 7.80. The summed E-state index contributed by atoms with van der Waals surface area (Å²) in [6.07, 6.45) is -4.67. The molecule has 0 aliphatic carbocycles. The van der Waals surface area contributed by atoms with Crippen LogP contribution in [0.4, 0.5) is 27.6 Å². The minimum atomic E-state index is -4.83. The van der Waals surface area contributed by atoms with E-state index in [1.807, 2.05) is 24.3 Å². The molecule has 5 nitrogen and oxygen atoms in total. The fraction of sp³-hybridized carbons (Fsp3) is 0.304. The summed E-state index contributed by atoms with van der Waals surface area (Å²) in [5, 5.41) is 1.74. The van der Waals surface area contributed by atoms with Crippen molar-refractivity contribution in [3.8, 4) is 5.75 Å². The second-order valence-electron chi connectivity index (χ2n) is 8.12. The van der Waals surface area contributed by atoms with E-state index in [0.29, 0.717) is 11.3 Å². The molecule has 0 spiro atoms. The van der Waals surface area contributed by atoms with Gasteiger partial charge in [-0.3, -0.25) is 9.11 Å². The summed E-state index contributed by atoms with van der Waals surface area (Å²) in [6.45, 7) is -1.15. The van der Waals surface area contributed by atoms with Crippen LogP contribution in [-0.4, -0.2) is 51.6 Å². The maximum absolute atomic E-state index is 13.6. The lowest BCUT2D eigenvalue weighted by Gasteiger charge is -2.45. The van der Waals surface area contributed by atoms with Gasteiger partial charge in [-0.1, -0.05) is 42.5 Å². The number of benzene rings is 3. The molecule has 3 aromatic carbocycles. The van der Waals surface area contributed by atoms with Crippen molar-refractivity contribution in [1.82, 2.24) is 4.90 Å². The van der Waals surface area contributed by atoms with Gasteiger partial charge in [0.2, 0.25) is 0 Å². The van der Waals surface area contributed by atoms with Crippen LogP contribution in [0.1, 0.15) is 5.56 Å². The third kappa shape index (κ3) is 6.02. The predicted molar refractivity (Wildman–Crippen MR) is 117 cm³/mol. The summed E-state index contributed by atoms with van der Waals surface area (Å²) in [4.78, 5) is 1.47. The van der Waals surface area contributed by atoms with Crippen molar-refractivity contribution in [2.75, 3.05) is 23.9 Å². The van der Waals surface area contributed by atoms with E-state index in [-0.39, 0.29) is 13.0 Å². The van der Waals surface area contributed by atoms with Crippen molar-refractivity contribution in [2.45, 2.75) is 24.7 Å². The zero-order valence-electron chi connectivity index (χ0n) is 17.7. The molecule has 1 aliphatic heterocycles. The topological polar surface area (TPSA) is 55.8 Å². The molecule has 1 aliphatic rings. The average Bonchev–Trinajstić information content (AvgIpc) is 2.74. The summed E-state index contributed by atoms with van der Waals surface area (Å²) >= 11 is -2.68. The van der Waals surface area contributed by atoms with Gasteiger partial charge in [0.05, 0.1) is 13.1 Å². The number of hydrogen-bond acceptors (Lipinski definition) is 4. The molecule has 0 saturated carbocycles. The summed E-state index contributed by atoms with van der Waals surface area (Å²) < 4.78 is 93.5. The van der Waals surface area contributed by atoms with Crippen LogP contribution in [0.25, 0.3) is 10.8 Å². The first kappa shape index (κ1) is 24.4. The fourth-order valence-corrected chi connectivity index (χ4v) is 4.57. The largest absolute Gasteiger partial charge is 0.755 e. The molecule has 1 heterocycles. The first-order valence-electron chi connectivity index (χ1n) is 10.3. The SMILES string of the molecule is O=S([O-])N(CC(Cc1ccc(OC(F)(F)F)cc1)N1CC(F)(F)C1)c1ccc2ccccc2c1. The third-order valence-electron chi connectivity index (χ3n) is 5.59. The monoisotopic (exact) mass is 499 g/mol. The second-order valence-corrected chi connectivity index (χ2v) is 9.00. The number of likely N-dealkylation sites (tertiary alicyclic amines) is 1. The Hall–Kier alpha value is -2.76. The Morgan fingerprint density at radius 2 is 1.68 bits per heavy atom. The smallest absolute Gasteiger partial charge is 0.573 e. The van der Waals surface area contributed by atoms with E-state index in [1.165, 1.54) is 17.0 Å². The number of fused-ring (bicyclic) bond motifs is 1. The van der Waals surface area contributed by atoms with Gasteiger partial charge in [0, 0.05) is 29.5 Å². The van der Waals surface area contributed by atoms with Gasteiger partial charge >= 0.3 is 6.36 Å². The quantitative estimate of drug-likeness (QED) is 0.327. The van der Waals surface area contributed by atoms with Crippen LogP contribution in [0, 0.1) is 0 Å². The van der Waals surface area contributed by atoms with Gasteiger partial charge in [0.15, 0.2) is 0 Å². The maximum Gasteiger partial charge on any atom is 0.573 e. The number of ether oxygens (including phenoxy) is 1. The highest BCUT2D eigenvalue weighted by Crippen LogP contribution is 2.32. The van der Waals surface area contributed by atoms with E-state index in [9.17, 15) is 30.7 Å².